The smallest absolute Gasteiger partial charge is 0.0291 e. The molecule has 1 atom stereocenters. The van der Waals surface area contributed by atoms with E-state index in [4.69, 9.17) is 0 Å². The SMILES string of the molecule is C[C@H](NCC1CCN(C)CC1)c1ccccc1. The summed E-state index contributed by atoms with van der Waals surface area (Å²) in [6.07, 6.45) is 2.68. The van der Waals surface area contributed by atoms with Gasteiger partial charge in [-0.3, -0.25) is 0 Å². The number of nitrogens with one attached hydrogen (secondary N) is 1. The third kappa shape index (κ3) is 3.83. The van der Waals surface area contributed by atoms with Gasteiger partial charge in [0.25, 0.3) is 0 Å². The van der Waals surface area contributed by atoms with Crippen molar-refractivity contribution in [1.82, 2.24) is 10.2 Å². The second-order valence-electron chi connectivity index (χ2n) is 5.29. The zero-order valence-corrected chi connectivity index (χ0v) is 11.0. The predicted molar refractivity (Wildman–Crippen MR) is 73.1 cm³/mol. The monoisotopic (exact) mass is 232 g/mol. The van der Waals surface area contributed by atoms with Gasteiger partial charge in [-0.2, -0.15) is 0 Å². The maximum Gasteiger partial charge on any atom is 0.0291 e. The second-order valence-corrected chi connectivity index (χ2v) is 5.29. The molecule has 0 aliphatic carbocycles. The molecule has 1 fully saturated rings. The van der Waals surface area contributed by atoms with Gasteiger partial charge in [-0.15, -0.1) is 0 Å². The summed E-state index contributed by atoms with van der Waals surface area (Å²) in [6, 6.07) is 11.2. The molecule has 1 saturated heterocycles. The molecule has 0 aromatic heterocycles. The van der Waals surface area contributed by atoms with Gasteiger partial charge in [-0.25, -0.2) is 0 Å². The number of hydrogen-bond donors (Lipinski definition) is 1. The van der Waals surface area contributed by atoms with Crippen molar-refractivity contribution in [3.63, 3.8) is 0 Å². The Labute approximate surface area is 105 Å². The van der Waals surface area contributed by atoms with Crippen LogP contribution < -0.4 is 5.32 Å². The topological polar surface area (TPSA) is 15.3 Å². The van der Waals surface area contributed by atoms with E-state index in [-0.39, 0.29) is 0 Å². The summed E-state index contributed by atoms with van der Waals surface area (Å²) in [5.41, 5.74) is 1.39. The van der Waals surface area contributed by atoms with Crippen LogP contribution >= 0.6 is 0 Å². The maximum absolute atomic E-state index is 3.66. The van der Waals surface area contributed by atoms with Crippen molar-refractivity contribution in [2.24, 2.45) is 5.92 Å². The molecule has 17 heavy (non-hydrogen) atoms. The molecule has 2 rings (SSSR count). The molecule has 1 N–H and O–H groups in total. The molecule has 0 radical (unpaired) electrons. The summed E-state index contributed by atoms with van der Waals surface area (Å²) < 4.78 is 0. The summed E-state index contributed by atoms with van der Waals surface area (Å²) in [7, 11) is 2.22. The Bertz CT molecular complexity index is 315. The molecule has 1 aromatic rings. The van der Waals surface area contributed by atoms with Crippen LogP contribution in [0.3, 0.4) is 0 Å². The average molecular weight is 232 g/mol. The van der Waals surface area contributed by atoms with E-state index in [1.54, 1.807) is 0 Å². The Kier molecular flexibility index (Phi) is 4.57. The van der Waals surface area contributed by atoms with Crippen molar-refractivity contribution in [3.8, 4) is 0 Å². The third-order valence-electron chi connectivity index (χ3n) is 3.85. The van der Waals surface area contributed by atoms with E-state index >= 15 is 0 Å². The normalized spacial score (nSPS) is 20.4. The molecule has 94 valence electrons. The van der Waals surface area contributed by atoms with Crippen molar-refractivity contribution in [2.75, 3.05) is 26.7 Å². The Balaban J connectivity index is 1.75. The molecule has 1 aliphatic heterocycles. The molecule has 0 saturated carbocycles. The van der Waals surface area contributed by atoms with Crippen molar-refractivity contribution >= 4 is 0 Å². The quantitative estimate of drug-likeness (QED) is 0.858. The second kappa shape index (κ2) is 6.18. The van der Waals surface area contributed by atoms with E-state index in [0.717, 1.165) is 12.5 Å². The van der Waals surface area contributed by atoms with Crippen LogP contribution in [0.5, 0.6) is 0 Å². The van der Waals surface area contributed by atoms with Crippen LogP contribution in [0.25, 0.3) is 0 Å². The molecular weight excluding hydrogens is 208 g/mol. The zero-order valence-electron chi connectivity index (χ0n) is 11.0. The molecule has 0 amide bonds. The Morgan fingerprint density at radius 1 is 1.24 bits per heavy atom. The summed E-state index contributed by atoms with van der Waals surface area (Å²) in [6.45, 7) is 5.92. The number of piperidine rings is 1. The Morgan fingerprint density at radius 2 is 1.88 bits per heavy atom. The van der Waals surface area contributed by atoms with Crippen molar-refractivity contribution in [3.05, 3.63) is 35.9 Å². The van der Waals surface area contributed by atoms with Gasteiger partial charge in [-0.05, 0) is 57.9 Å². The first-order valence-corrected chi connectivity index (χ1v) is 6.72. The molecule has 1 aliphatic rings. The maximum atomic E-state index is 3.66. The van der Waals surface area contributed by atoms with Gasteiger partial charge in [0.15, 0.2) is 0 Å². The number of likely N-dealkylation sites (tertiary alicyclic amines) is 1. The molecule has 1 heterocycles. The van der Waals surface area contributed by atoms with Gasteiger partial charge in [0.05, 0.1) is 0 Å². The lowest BCUT2D eigenvalue weighted by Crippen LogP contribution is -2.35. The highest BCUT2D eigenvalue weighted by Gasteiger charge is 2.17. The van der Waals surface area contributed by atoms with Gasteiger partial charge in [0, 0.05) is 6.04 Å². The van der Waals surface area contributed by atoms with Crippen LogP contribution in [0.4, 0.5) is 0 Å². The third-order valence-corrected chi connectivity index (χ3v) is 3.85. The van der Waals surface area contributed by atoms with Crippen LogP contribution in [0.2, 0.25) is 0 Å². The van der Waals surface area contributed by atoms with Crippen LogP contribution in [0.15, 0.2) is 30.3 Å². The molecular formula is C15H24N2. The Morgan fingerprint density at radius 3 is 2.53 bits per heavy atom. The highest BCUT2D eigenvalue weighted by atomic mass is 15.1. The number of nitrogens with zero attached hydrogens (tertiary/aromatic N) is 1. The molecule has 0 unspecified atom stereocenters. The highest BCUT2D eigenvalue weighted by Crippen LogP contribution is 2.17. The summed E-state index contributed by atoms with van der Waals surface area (Å²) in [5, 5.41) is 3.66. The zero-order chi connectivity index (χ0) is 12.1. The minimum Gasteiger partial charge on any atom is -0.310 e. The standard InChI is InChI=1S/C15H24N2/c1-13(15-6-4-3-5-7-15)16-12-14-8-10-17(2)11-9-14/h3-7,13-14,16H,8-12H2,1-2H3/t13-/m0/s1. The first kappa shape index (κ1) is 12.6. The van der Waals surface area contributed by atoms with Gasteiger partial charge < -0.3 is 10.2 Å². The van der Waals surface area contributed by atoms with Crippen LogP contribution in [-0.2, 0) is 0 Å². The van der Waals surface area contributed by atoms with E-state index in [1.165, 1.54) is 31.5 Å². The largest absolute Gasteiger partial charge is 0.310 e. The minimum absolute atomic E-state index is 0.468. The van der Waals surface area contributed by atoms with Crippen molar-refractivity contribution in [2.45, 2.75) is 25.8 Å². The van der Waals surface area contributed by atoms with E-state index < -0.39 is 0 Å². The van der Waals surface area contributed by atoms with Crippen LogP contribution in [0, 0.1) is 5.92 Å². The molecule has 0 spiro atoms. The van der Waals surface area contributed by atoms with E-state index in [1.807, 2.05) is 0 Å². The Hall–Kier alpha value is -0.860. The molecule has 2 heteroatoms. The van der Waals surface area contributed by atoms with E-state index in [0.29, 0.717) is 6.04 Å². The predicted octanol–water partition coefficient (Wildman–Crippen LogP) is 2.68. The molecule has 1 aromatic carbocycles. The fraction of sp³-hybridized carbons (Fsp3) is 0.600. The number of hydrogen-bond acceptors (Lipinski definition) is 2. The van der Waals surface area contributed by atoms with Gasteiger partial charge in [0.2, 0.25) is 0 Å². The highest BCUT2D eigenvalue weighted by molar-refractivity contribution is 5.17. The van der Waals surface area contributed by atoms with E-state index in [9.17, 15) is 0 Å². The fourth-order valence-electron chi connectivity index (χ4n) is 2.47. The first-order chi connectivity index (χ1) is 8.25. The number of rotatable bonds is 4. The summed E-state index contributed by atoms with van der Waals surface area (Å²) in [5.74, 6) is 0.859. The van der Waals surface area contributed by atoms with Gasteiger partial charge >= 0.3 is 0 Å². The van der Waals surface area contributed by atoms with Gasteiger partial charge in [0.1, 0.15) is 0 Å². The lowest BCUT2D eigenvalue weighted by molar-refractivity contribution is 0.213. The fourth-order valence-corrected chi connectivity index (χ4v) is 2.47. The van der Waals surface area contributed by atoms with Crippen molar-refractivity contribution < 1.29 is 0 Å². The average Bonchev–Trinajstić information content (AvgIpc) is 2.39. The van der Waals surface area contributed by atoms with Crippen LogP contribution in [0.1, 0.15) is 31.4 Å². The minimum atomic E-state index is 0.468. The lowest BCUT2D eigenvalue weighted by atomic mass is 9.96. The van der Waals surface area contributed by atoms with E-state index in [2.05, 4.69) is 54.5 Å². The first-order valence-electron chi connectivity index (χ1n) is 6.72. The summed E-state index contributed by atoms with van der Waals surface area (Å²) >= 11 is 0. The lowest BCUT2D eigenvalue weighted by Gasteiger charge is -2.30. The molecule has 2 nitrogen and oxygen atoms in total. The summed E-state index contributed by atoms with van der Waals surface area (Å²) in [4.78, 5) is 2.43. The van der Waals surface area contributed by atoms with Gasteiger partial charge in [-0.1, -0.05) is 30.3 Å². The van der Waals surface area contributed by atoms with Crippen molar-refractivity contribution in [1.29, 1.82) is 0 Å². The molecule has 0 bridgehead atoms. The number of benzene rings is 1. The van der Waals surface area contributed by atoms with Crippen LogP contribution in [-0.4, -0.2) is 31.6 Å².